The predicted molar refractivity (Wildman–Crippen MR) is 96.9 cm³/mol. The van der Waals surface area contributed by atoms with Crippen molar-refractivity contribution in [2.75, 3.05) is 23.4 Å². The molecular formula is C17H19FN6O3. The molecule has 1 amide bonds. The lowest BCUT2D eigenvalue weighted by Crippen LogP contribution is -2.32. The average molecular weight is 374 g/mol. The van der Waals surface area contributed by atoms with Crippen molar-refractivity contribution in [2.24, 2.45) is 0 Å². The van der Waals surface area contributed by atoms with Gasteiger partial charge in [-0.3, -0.25) is 25.8 Å². The Morgan fingerprint density at radius 3 is 2.52 bits per heavy atom. The maximum absolute atomic E-state index is 13.7. The Bertz CT molecular complexity index is 839. The molecule has 0 atom stereocenters. The number of hydrogen-bond donors (Lipinski definition) is 2. The molecule has 2 N–H and O–H groups in total. The van der Waals surface area contributed by atoms with Gasteiger partial charge in [0.2, 0.25) is 11.6 Å². The van der Waals surface area contributed by atoms with Crippen molar-refractivity contribution in [3.8, 4) is 0 Å². The first-order chi connectivity index (χ1) is 13.1. The summed E-state index contributed by atoms with van der Waals surface area (Å²) in [7, 11) is 0. The summed E-state index contributed by atoms with van der Waals surface area (Å²) in [6.45, 7) is 1.33. The Balaban J connectivity index is 1.83. The van der Waals surface area contributed by atoms with Gasteiger partial charge >= 0.3 is 5.69 Å². The number of benzene rings is 1. The fourth-order valence-electron chi connectivity index (χ4n) is 2.97. The van der Waals surface area contributed by atoms with Crippen molar-refractivity contribution < 1.29 is 14.1 Å². The lowest BCUT2D eigenvalue weighted by atomic mass is 10.2. The lowest BCUT2D eigenvalue weighted by molar-refractivity contribution is -0.383. The molecule has 9 nitrogen and oxygen atoms in total. The van der Waals surface area contributed by atoms with Gasteiger partial charge in [-0.25, -0.2) is 14.4 Å². The molecule has 0 unspecified atom stereocenters. The third-order valence-electron chi connectivity index (χ3n) is 4.30. The molecule has 1 aromatic heterocycles. The molecule has 0 saturated carbocycles. The molecule has 3 rings (SSSR count). The zero-order valence-corrected chi connectivity index (χ0v) is 14.5. The quantitative estimate of drug-likeness (QED) is 0.611. The minimum Gasteiger partial charge on any atom is -0.351 e. The Kier molecular flexibility index (Phi) is 5.74. The van der Waals surface area contributed by atoms with Crippen LogP contribution in [0.3, 0.4) is 0 Å². The second-order valence-electron chi connectivity index (χ2n) is 6.11. The van der Waals surface area contributed by atoms with Gasteiger partial charge in [-0.1, -0.05) is 25.0 Å². The molecule has 142 valence electrons. The predicted octanol–water partition coefficient (Wildman–Crippen LogP) is 2.66. The van der Waals surface area contributed by atoms with Crippen molar-refractivity contribution in [1.29, 1.82) is 0 Å². The molecule has 27 heavy (non-hydrogen) atoms. The summed E-state index contributed by atoms with van der Waals surface area (Å²) in [5.74, 6) is -1.41. The number of aromatic nitrogens is 2. The first-order valence-electron chi connectivity index (χ1n) is 8.63. The van der Waals surface area contributed by atoms with Gasteiger partial charge in [-0.15, -0.1) is 0 Å². The van der Waals surface area contributed by atoms with Crippen molar-refractivity contribution >= 4 is 23.2 Å². The molecule has 1 aliphatic rings. The highest BCUT2D eigenvalue weighted by atomic mass is 19.1. The number of amides is 1. The molecule has 0 radical (unpaired) electrons. The molecule has 1 saturated heterocycles. The van der Waals surface area contributed by atoms with Crippen LogP contribution in [-0.2, 0) is 0 Å². The van der Waals surface area contributed by atoms with E-state index in [-0.39, 0.29) is 22.9 Å². The van der Waals surface area contributed by atoms with E-state index in [1.807, 2.05) is 4.90 Å². The Hall–Kier alpha value is -3.30. The summed E-state index contributed by atoms with van der Waals surface area (Å²) >= 11 is 0. The summed E-state index contributed by atoms with van der Waals surface area (Å²) in [6, 6.07) is 5.44. The molecular weight excluding hydrogens is 355 g/mol. The Labute approximate surface area is 154 Å². The van der Waals surface area contributed by atoms with Crippen LogP contribution < -0.4 is 15.8 Å². The van der Waals surface area contributed by atoms with Gasteiger partial charge in [0, 0.05) is 13.1 Å². The second kappa shape index (κ2) is 8.39. The average Bonchev–Trinajstić information content (AvgIpc) is 2.95. The van der Waals surface area contributed by atoms with Gasteiger partial charge in [-0.05, 0) is 25.0 Å². The van der Waals surface area contributed by atoms with Crippen LogP contribution in [0.2, 0.25) is 0 Å². The van der Waals surface area contributed by atoms with Crippen LogP contribution in [0.15, 0.2) is 30.6 Å². The monoisotopic (exact) mass is 374 g/mol. The van der Waals surface area contributed by atoms with Gasteiger partial charge < -0.3 is 4.90 Å². The highest BCUT2D eigenvalue weighted by molar-refractivity contribution is 5.95. The van der Waals surface area contributed by atoms with E-state index in [1.165, 1.54) is 24.5 Å². The molecule has 1 aromatic carbocycles. The first-order valence-corrected chi connectivity index (χ1v) is 8.63. The second-order valence-corrected chi connectivity index (χ2v) is 6.11. The van der Waals surface area contributed by atoms with Crippen LogP contribution in [0, 0.1) is 15.9 Å². The van der Waals surface area contributed by atoms with Crippen molar-refractivity contribution in [3.05, 3.63) is 52.1 Å². The van der Waals surface area contributed by atoms with Crippen LogP contribution in [0.4, 0.5) is 21.7 Å². The number of nitrogens with one attached hydrogen (secondary N) is 2. The fraction of sp³-hybridized carbons (Fsp3) is 0.353. The minimum absolute atomic E-state index is 0.154. The number of carbonyl (C=O) groups is 1. The number of rotatable bonds is 5. The van der Waals surface area contributed by atoms with E-state index in [4.69, 9.17) is 0 Å². The molecule has 0 aliphatic carbocycles. The SMILES string of the molecule is O=C(NNc1ncnc(N2CCCCCC2)c1[N+](=O)[O-])c1ccccc1F. The molecule has 1 fully saturated rings. The summed E-state index contributed by atoms with van der Waals surface area (Å²) in [6.07, 6.45) is 5.19. The van der Waals surface area contributed by atoms with E-state index in [9.17, 15) is 19.3 Å². The smallest absolute Gasteiger partial charge is 0.351 e. The number of halogens is 1. The molecule has 0 bridgehead atoms. The third kappa shape index (κ3) is 4.27. The number of hydrogen-bond acceptors (Lipinski definition) is 7. The highest BCUT2D eigenvalue weighted by Crippen LogP contribution is 2.32. The maximum atomic E-state index is 13.7. The molecule has 1 aliphatic heterocycles. The van der Waals surface area contributed by atoms with E-state index in [0.717, 1.165) is 31.7 Å². The third-order valence-corrected chi connectivity index (χ3v) is 4.30. The van der Waals surface area contributed by atoms with Gasteiger partial charge in [0.1, 0.15) is 12.1 Å². The van der Waals surface area contributed by atoms with Gasteiger partial charge in [0.15, 0.2) is 0 Å². The number of carbonyl (C=O) groups excluding carboxylic acids is 1. The zero-order valence-electron chi connectivity index (χ0n) is 14.5. The van der Waals surface area contributed by atoms with E-state index >= 15 is 0 Å². The van der Waals surface area contributed by atoms with Gasteiger partial charge in [-0.2, -0.15) is 0 Å². The molecule has 0 spiro atoms. The maximum Gasteiger partial charge on any atom is 0.355 e. The number of nitrogens with zero attached hydrogens (tertiary/aromatic N) is 4. The van der Waals surface area contributed by atoms with Crippen molar-refractivity contribution in [2.45, 2.75) is 25.7 Å². The number of hydrazine groups is 1. The van der Waals surface area contributed by atoms with Gasteiger partial charge in [0.25, 0.3) is 5.91 Å². The van der Waals surface area contributed by atoms with Crippen molar-refractivity contribution in [1.82, 2.24) is 15.4 Å². The standard InChI is InChI=1S/C17H19FN6O3/c18-13-8-4-3-7-12(13)17(25)22-21-15-14(24(26)27)16(20-11-19-15)23-9-5-1-2-6-10-23/h3-4,7-8,11H,1-2,5-6,9-10H2,(H,22,25)(H,19,20,21). The Morgan fingerprint density at radius 2 is 1.85 bits per heavy atom. The molecule has 10 heteroatoms. The first kappa shape index (κ1) is 18.5. The molecule has 2 aromatic rings. The normalized spacial score (nSPS) is 14.3. The Morgan fingerprint density at radius 1 is 1.15 bits per heavy atom. The lowest BCUT2D eigenvalue weighted by Gasteiger charge is -2.21. The largest absolute Gasteiger partial charge is 0.355 e. The highest BCUT2D eigenvalue weighted by Gasteiger charge is 2.28. The summed E-state index contributed by atoms with van der Waals surface area (Å²) in [5.41, 5.74) is 4.17. The van der Waals surface area contributed by atoms with Crippen LogP contribution >= 0.6 is 0 Å². The van der Waals surface area contributed by atoms with Crippen LogP contribution in [0.1, 0.15) is 36.0 Å². The summed E-state index contributed by atoms with van der Waals surface area (Å²) in [5, 5.41) is 11.6. The van der Waals surface area contributed by atoms with E-state index in [0.29, 0.717) is 13.1 Å². The zero-order chi connectivity index (χ0) is 19.2. The van der Waals surface area contributed by atoms with Crippen molar-refractivity contribution in [3.63, 3.8) is 0 Å². The number of anilines is 2. The number of nitro groups is 1. The topological polar surface area (TPSA) is 113 Å². The van der Waals surface area contributed by atoms with E-state index in [2.05, 4.69) is 20.8 Å². The summed E-state index contributed by atoms with van der Waals surface area (Å²) in [4.78, 5) is 33.0. The fourth-order valence-corrected chi connectivity index (χ4v) is 2.97. The van der Waals surface area contributed by atoms with Crippen LogP contribution in [0.25, 0.3) is 0 Å². The molecule has 2 heterocycles. The van der Waals surface area contributed by atoms with Crippen LogP contribution in [-0.4, -0.2) is 33.9 Å². The van der Waals surface area contributed by atoms with Crippen LogP contribution in [0.5, 0.6) is 0 Å². The van der Waals surface area contributed by atoms with E-state index < -0.39 is 16.6 Å². The summed E-state index contributed by atoms with van der Waals surface area (Å²) < 4.78 is 13.7. The van der Waals surface area contributed by atoms with E-state index in [1.54, 1.807) is 0 Å². The van der Waals surface area contributed by atoms with Gasteiger partial charge in [0.05, 0.1) is 10.5 Å². The minimum atomic E-state index is -0.766.